The molecule has 0 atom stereocenters. The summed E-state index contributed by atoms with van der Waals surface area (Å²) < 4.78 is 25.6. The van der Waals surface area contributed by atoms with Gasteiger partial charge in [0.25, 0.3) is 5.91 Å². The summed E-state index contributed by atoms with van der Waals surface area (Å²) in [5.41, 5.74) is 2.80. The molecule has 0 aliphatic carbocycles. The zero-order chi connectivity index (χ0) is 21.3. The van der Waals surface area contributed by atoms with E-state index in [1.54, 1.807) is 25.2 Å². The summed E-state index contributed by atoms with van der Waals surface area (Å²) in [5.74, 6) is -0.308. The number of carbonyl (C=O) groups excluding carboxylic acids is 1. The molecule has 0 radical (unpaired) electrons. The molecule has 4 rings (SSSR count). The molecular formula is C23H20N2O3S2. The van der Waals surface area contributed by atoms with E-state index < -0.39 is 15.1 Å². The van der Waals surface area contributed by atoms with E-state index in [1.807, 2.05) is 48.5 Å². The van der Waals surface area contributed by atoms with Gasteiger partial charge in [-0.15, -0.1) is 11.3 Å². The van der Waals surface area contributed by atoms with E-state index in [0.29, 0.717) is 11.3 Å². The molecule has 3 aromatic carbocycles. The van der Waals surface area contributed by atoms with Crippen LogP contribution in [0.4, 0.5) is 5.69 Å². The number of hydrogen-bond donors (Lipinski definition) is 1. The molecule has 0 bridgehead atoms. The van der Waals surface area contributed by atoms with Crippen LogP contribution in [0.2, 0.25) is 0 Å². The second-order valence-electron chi connectivity index (χ2n) is 7.10. The number of para-hydroxylation sites is 2. The average Bonchev–Trinajstić information content (AvgIpc) is 3.18. The Morgan fingerprint density at radius 1 is 0.933 bits per heavy atom. The number of rotatable bonds is 5. The third-order valence-corrected chi connectivity index (χ3v) is 8.01. The molecule has 1 heterocycles. The SMILES string of the molecule is CC(C)S(=O)(=O)c1ccc(C(=O)Nc2ccccc2-c2nc3ccccc3s2)cc1. The van der Waals surface area contributed by atoms with Gasteiger partial charge in [0.2, 0.25) is 0 Å². The maximum Gasteiger partial charge on any atom is 0.255 e. The van der Waals surface area contributed by atoms with Crippen LogP contribution < -0.4 is 5.32 Å². The van der Waals surface area contributed by atoms with Crippen LogP contribution in [0.25, 0.3) is 20.8 Å². The molecule has 0 fully saturated rings. The molecule has 1 amide bonds. The smallest absolute Gasteiger partial charge is 0.255 e. The minimum Gasteiger partial charge on any atom is -0.321 e. The molecule has 0 unspecified atom stereocenters. The topological polar surface area (TPSA) is 76.1 Å². The number of benzene rings is 3. The number of sulfone groups is 1. The Balaban J connectivity index is 1.61. The van der Waals surface area contributed by atoms with Crippen LogP contribution in [-0.2, 0) is 9.84 Å². The number of carbonyl (C=O) groups is 1. The van der Waals surface area contributed by atoms with Crippen molar-refractivity contribution in [2.24, 2.45) is 0 Å². The number of anilines is 1. The Bertz CT molecular complexity index is 1290. The van der Waals surface area contributed by atoms with E-state index in [1.165, 1.54) is 24.3 Å². The molecule has 0 aliphatic rings. The molecular weight excluding hydrogens is 416 g/mol. The summed E-state index contributed by atoms with van der Waals surface area (Å²) >= 11 is 1.57. The van der Waals surface area contributed by atoms with Gasteiger partial charge in [0.15, 0.2) is 9.84 Å². The predicted molar refractivity (Wildman–Crippen MR) is 122 cm³/mol. The Labute approximate surface area is 179 Å². The fourth-order valence-electron chi connectivity index (χ4n) is 3.03. The van der Waals surface area contributed by atoms with E-state index in [4.69, 9.17) is 0 Å². The first-order chi connectivity index (χ1) is 14.4. The molecule has 152 valence electrons. The van der Waals surface area contributed by atoms with Gasteiger partial charge in [0.05, 0.1) is 26.0 Å². The Morgan fingerprint density at radius 3 is 2.30 bits per heavy atom. The maximum atomic E-state index is 12.8. The van der Waals surface area contributed by atoms with Crippen LogP contribution in [0.1, 0.15) is 24.2 Å². The van der Waals surface area contributed by atoms with Crippen LogP contribution in [0.5, 0.6) is 0 Å². The Morgan fingerprint density at radius 2 is 1.60 bits per heavy atom. The van der Waals surface area contributed by atoms with Crippen LogP contribution in [0, 0.1) is 0 Å². The van der Waals surface area contributed by atoms with Crippen molar-refractivity contribution in [3.05, 3.63) is 78.4 Å². The highest BCUT2D eigenvalue weighted by Gasteiger charge is 2.20. The molecule has 0 spiro atoms. The van der Waals surface area contributed by atoms with Gasteiger partial charge in [-0.2, -0.15) is 0 Å². The molecule has 4 aromatic rings. The molecule has 0 aliphatic heterocycles. The Kier molecular flexibility index (Phi) is 5.40. The summed E-state index contributed by atoms with van der Waals surface area (Å²) in [6.07, 6.45) is 0. The van der Waals surface area contributed by atoms with Gasteiger partial charge in [0.1, 0.15) is 5.01 Å². The van der Waals surface area contributed by atoms with Crippen molar-refractivity contribution in [2.45, 2.75) is 24.0 Å². The van der Waals surface area contributed by atoms with Gasteiger partial charge in [-0.05, 0) is 62.4 Å². The van der Waals surface area contributed by atoms with Gasteiger partial charge in [-0.3, -0.25) is 4.79 Å². The van der Waals surface area contributed by atoms with Gasteiger partial charge in [-0.25, -0.2) is 13.4 Å². The third-order valence-electron chi connectivity index (χ3n) is 4.77. The highest BCUT2D eigenvalue weighted by Crippen LogP contribution is 2.34. The quantitative estimate of drug-likeness (QED) is 0.455. The largest absolute Gasteiger partial charge is 0.321 e. The van der Waals surface area contributed by atoms with E-state index >= 15 is 0 Å². The lowest BCUT2D eigenvalue weighted by Gasteiger charge is -2.11. The fraction of sp³-hybridized carbons (Fsp3) is 0.130. The number of amides is 1. The number of thiazole rings is 1. The lowest BCUT2D eigenvalue weighted by atomic mass is 10.1. The second kappa shape index (κ2) is 8.01. The van der Waals surface area contributed by atoms with Crippen molar-refractivity contribution in [1.29, 1.82) is 0 Å². The first-order valence-electron chi connectivity index (χ1n) is 9.46. The van der Waals surface area contributed by atoms with E-state index in [9.17, 15) is 13.2 Å². The van der Waals surface area contributed by atoms with Crippen LogP contribution in [-0.4, -0.2) is 24.6 Å². The van der Waals surface area contributed by atoms with Gasteiger partial charge in [0, 0.05) is 11.1 Å². The first kappa shape index (κ1) is 20.3. The summed E-state index contributed by atoms with van der Waals surface area (Å²) in [6, 6.07) is 21.4. The van der Waals surface area contributed by atoms with E-state index in [-0.39, 0.29) is 10.8 Å². The fourth-order valence-corrected chi connectivity index (χ4v) is 5.09. The highest BCUT2D eigenvalue weighted by atomic mass is 32.2. The molecule has 7 heteroatoms. The van der Waals surface area contributed by atoms with Crippen LogP contribution in [0.3, 0.4) is 0 Å². The zero-order valence-corrected chi connectivity index (χ0v) is 18.1. The maximum absolute atomic E-state index is 12.8. The number of hydrogen-bond acceptors (Lipinski definition) is 5. The first-order valence-corrected chi connectivity index (χ1v) is 11.8. The van der Waals surface area contributed by atoms with Crippen LogP contribution >= 0.6 is 11.3 Å². The van der Waals surface area contributed by atoms with Gasteiger partial charge in [-0.1, -0.05) is 24.3 Å². The molecule has 30 heavy (non-hydrogen) atoms. The average molecular weight is 437 g/mol. The number of nitrogens with zero attached hydrogens (tertiary/aromatic N) is 1. The van der Waals surface area contributed by atoms with Gasteiger partial charge >= 0.3 is 0 Å². The Hall–Kier alpha value is -3.03. The minimum absolute atomic E-state index is 0.212. The van der Waals surface area contributed by atoms with Crippen molar-refractivity contribution in [1.82, 2.24) is 4.98 Å². The zero-order valence-electron chi connectivity index (χ0n) is 16.5. The van der Waals surface area contributed by atoms with Crippen molar-refractivity contribution in [3.8, 4) is 10.6 Å². The lowest BCUT2D eigenvalue weighted by Crippen LogP contribution is -2.15. The monoisotopic (exact) mass is 436 g/mol. The summed E-state index contributed by atoms with van der Waals surface area (Å²) in [4.78, 5) is 17.7. The molecule has 0 saturated heterocycles. The third kappa shape index (κ3) is 3.86. The van der Waals surface area contributed by atoms with Gasteiger partial charge < -0.3 is 5.32 Å². The van der Waals surface area contributed by atoms with Crippen molar-refractivity contribution >= 4 is 43.0 Å². The molecule has 1 N–H and O–H groups in total. The number of aromatic nitrogens is 1. The summed E-state index contributed by atoms with van der Waals surface area (Å²) in [7, 11) is -3.37. The van der Waals surface area contributed by atoms with Crippen molar-refractivity contribution < 1.29 is 13.2 Å². The summed E-state index contributed by atoms with van der Waals surface area (Å²) in [5, 5.41) is 3.24. The standard InChI is InChI=1S/C23H20N2O3S2/c1-15(2)30(27,28)17-13-11-16(12-14-17)22(26)24-19-8-4-3-7-18(19)23-25-20-9-5-6-10-21(20)29-23/h3-15H,1-2H3,(H,24,26). The normalized spacial score (nSPS) is 11.7. The lowest BCUT2D eigenvalue weighted by molar-refractivity contribution is 0.102. The highest BCUT2D eigenvalue weighted by molar-refractivity contribution is 7.92. The predicted octanol–water partition coefficient (Wildman–Crippen LogP) is 5.40. The summed E-state index contributed by atoms with van der Waals surface area (Å²) in [6.45, 7) is 3.27. The van der Waals surface area contributed by atoms with Crippen LogP contribution in [0.15, 0.2) is 77.7 Å². The second-order valence-corrected chi connectivity index (χ2v) is 10.6. The van der Waals surface area contributed by atoms with E-state index in [0.717, 1.165) is 20.8 Å². The van der Waals surface area contributed by atoms with Crippen molar-refractivity contribution in [2.75, 3.05) is 5.32 Å². The number of nitrogens with one attached hydrogen (secondary N) is 1. The van der Waals surface area contributed by atoms with Crippen molar-refractivity contribution in [3.63, 3.8) is 0 Å². The molecule has 5 nitrogen and oxygen atoms in total. The number of fused-ring (bicyclic) bond motifs is 1. The van der Waals surface area contributed by atoms with E-state index in [2.05, 4.69) is 10.3 Å². The minimum atomic E-state index is -3.37. The molecule has 1 aromatic heterocycles. The molecule has 0 saturated carbocycles.